The average molecular weight is 283 g/mol. The van der Waals surface area contributed by atoms with Gasteiger partial charge in [0.1, 0.15) is 5.41 Å². The fourth-order valence-electron chi connectivity index (χ4n) is 1.98. The van der Waals surface area contributed by atoms with E-state index in [9.17, 15) is 18.4 Å². The zero-order valence-electron chi connectivity index (χ0n) is 11.0. The van der Waals surface area contributed by atoms with E-state index in [1.54, 1.807) is 12.1 Å². The fraction of sp³-hybridized carbons (Fsp3) is 0.429. The molecule has 20 heavy (non-hydrogen) atoms. The number of halogens is 2. The van der Waals surface area contributed by atoms with Crippen LogP contribution >= 0.6 is 0 Å². The predicted molar refractivity (Wildman–Crippen MR) is 67.8 cm³/mol. The van der Waals surface area contributed by atoms with Crippen LogP contribution < -0.4 is 5.32 Å². The van der Waals surface area contributed by atoms with Gasteiger partial charge < -0.3 is 10.4 Å². The molecule has 0 aromatic heterocycles. The van der Waals surface area contributed by atoms with Gasteiger partial charge >= 0.3 is 5.97 Å². The van der Waals surface area contributed by atoms with Gasteiger partial charge in [0.25, 0.3) is 5.92 Å². The topological polar surface area (TPSA) is 66.4 Å². The molecule has 1 atom stereocenters. The van der Waals surface area contributed by atoms with Gasteiger partial charge in [-0.1, -0.05) is 12.1 Å². The van der Waals surface area contributed by atoms with Gasteiger partial charge in [-0.2, -0.15) is 0 Å². The SMILES string of the molecule is C[C@@]1(C(=O)NCCc2ccc(C(=O)O)cc2)CC1(F)F. The Morgan fingerprint density at radius 2 is 1.85 bits per heavy atom. The first-order chi connectivity index (χ1) is 9.26. The first-order valence-corrected chi connectivity index (χ1v) is 6.25. The Labute approximate surface area is 114 Å². The van der Waals surface area contributed by atoms with Gasteiger partial charge in [0.05, 0.1) is 5.56 Å². The molecule has 1 aromatic carbocycles. The van der Waals surface area contributed by atoms with Crippen molar-refractivity contribution < 1.29 is 23.5 Å². The van der Waals surface area contributed by atoms with Crippen molar-refractivity contribution in [2.24, 2.45) is 5.41 Å². The molecular weight excluding hydrogens is 268 g/mol. The maximum absolute atomic E-state index is 13.0. The summed E-state index contributed by atoms with van der Waals surface area (Å²) in [5.74, 6) is -4.54. The van der Waals surface area contributed by atoms with Gasteiger partial charge in [-0.05, 0) is 31.0 Å². The maximum atomic E-state index is 13.0. The minimum Gasteiger partial charge on any atom is -0.478 e. The molecule has 0 unspecified atom stereocenters. The molecule has 2 rings (SSSR count). The number of benzene rings is 1. The summed E-state index contributed by atoms with van der Waals surface area (Å²) in [4.78, 5) is 22.3. The summed E-state index contributed by atoms with van der Waals surface area (Å²) < 4.78 is 26.0. The van der Waals surface area contributed by atoms with Gasteiger partial charge in [0.15, 0.2) is 0 Å². The van der Waals surface area contributed by atoms with E-state index in [2.05, 4.69) is 5.32 Å². The minimum absolute atomic E-state index is 0.183. The van der Waals surface area contributed by atoms with Gasteiger partial charge in [0, 0.05) is 13.0 Å². The van der Waals surface area contributed by atoms with Crippen LogP contribution in [0.25, 0.3) is 0 Å². The molecule has 1 fully saturated rings. The summed E-state index contributed by atoms with van der Waals surface area (Å²) in [5.41, 5.74) is -0.550. The highest BCUT2D eigenvalue weighted by molar-refractivity contribution is 5.87. The second-order valence-electron chi connectivity index (χ2n) is 5.22. The average Bonchev–Trinajstić information content (AvgIpc) is 2.90. The molecule has 0 bridgehead atoms. The molecule has 0 saturated heterocycles. The second-order valence-corrected chi connectivity index (χ2v) is 5.22. The molecule has 108 valence electrons. The van der Waals surface area contributed by atoms with Crippen LogP contribution in [0.5, 0.6) is 0 Å². The Morgan fingerprint density at radius 1 is 1.30 bits per heavy atom. The van der Waals surface area contributed by atoms with E-state index in [4.69, 9.17) is 5.11 Å². The van der Waals surface area contributed by atoms with Crippen LogP contribution in [0.3, 0.4) is 0 Å². The molecule has 1 amide bonds. The third-order valence-corrected chi connectivity index (χ3v) is 3.66. The van der Waals surface area contributed by atoms with E-state index >= 15 is 0 Å². The van der Waals surface area contributed by atoms with Gasteiger partial charge in [-0.25, -0.2) is 13.6 Å². The van der Waals surface area contributed by atoms with Crippen LogP contribution in [0.15, 0.2) is 24.3 Å². The molecule has 0 radical (unpaired) electrons. The van der Waals surface area contributed by atoms with Crippen molar-refractivity contribution in [3.05, 3.63) is 35.4 Å². The molecule has 0 aliphatic heterocycles. The molecule has 4 nitrogen and oxygen atoms in total. The van der Waals surface area contributed by atoms with Crippen LogP contribution in [0.2, 0.25) is 0 Å². The standard InChI is InChI=1S/C14H15F2NO3/c1-13(8-14(13,15)16)12(20)17-7-6-9-2-4-10(5-3-9)11(18)19/h2-5H,6-8H2,1H3,(H,17,20)(H,18,19)/t13-/m0/s1. The lowest BCUT2D eigenvalue weighted by Crippen LogP contribution is -2.34. The van der Waals surface area contributed by atoms with E-state index < -0.39 is 29.6 Å². The van der Waals surface area contributed by atoms with Crippen molar-refractivity contribution in [2.75, 3.05) is 6.54 Å². The Balaban J connectivity index is 1.82. The summed E-state index contributed by atoms with van der Waals surface area (Å²) in [6, 6.07) is 6.22. The van der Waals surface area contributed by atoms with Gasteiger partial charge in [-0.15, -0.1) is 0 Å². The van der Waals surface area contributed by atoms with E-state index in [1.807, 2.05) is 0 Å². The Bertz CT molecular complexity index is 542. The zero-order valence-corrected chi connectivity index (χ0v) is 11.0. The Hall–Kier alpha value is -1.98. The number of nitrogens with one attached hydrogen (secondary N) is 1. The van der Waals surface area contributed by atoms with Crippen molar-refractivity contribution in [3.63, 3.8) is 0 Å². The number of aromatic carboxylic acids is 1. The molecular formula is C14H15F2NO3. The highest BCUT2D eigenvalue weighted by Crippen LogP contribution is 2.60. The zero-order chi connectivity index (χ0) is 15.0. The second kappa shape index (κ2) is 4.85. The maximum Gasteiger partial charge on any atom is 0.335 e. The molecule has 1 aliphatic rings. The van der Waals surface area contributed by atoms with Crippen molar-refractivity contribution in [1.29, 1.82) is 0 Å². The first kappa shape index (κ1) is 14.4. The molecule has 1 aromatic rings. The minimum atomic E-state index is -2.90. The van der Waals surface area contributed by atoms with Crippen molar-refractivity contribution in [2.45, 2.75) is 25.7 Å². The third kappa shape index (κ3) is 2.64. The predicted octanol–water partition coefficient (Wildman–Crippen LogP) is 2.09. The van der Waals surface area contributed by atoms with Crippen LogP contribution in [0.4, 0.5) is 8.78 Å². The number of alkyl halides is 2. The molecule has 2 N–H and O–H groups in total. The number of hydrogen-bond donors (Lipinski definition) is 2. The number of rotatable bonds is 5. The molecule has 0 heterocycles. The van der Waals surface area contributed by atoms with Crippen LogP contribution in [0, 0.1) is 5.41 Å². The fourth-order valence-corrected chi connectivity index (χ4v) is 1.98. The van der Waals surface area contributed by atoms with E-state index in [0.29, 0.717) is 6.42 Å². The van der Waals surface area contributed by atoms with Crippen molar-refractivity contribution in [3.8, 4) is 0 Å². The quantitative estimate of drug-likeness (QED) is 0.869. The molecule has 1 saturated carbocycles. The van der Waals surface area contributed by atoms with Crippen molar-refractivity contribution >= 4 is 11.9 Å². The highest BCUT2D eigenvalue weighted by atomic mass is 19.3. The monoisotopic (exact) mass is 283 g/mol. The number of amides is 1. The van der Waals surface area contributed by atoms with Crippen LogP contribution in [-0.4, -0.2) is 29.5 Å². The molecule has 6 heteroatoms. The lowest BCUT2D eigenvalue weighted by atomic mass is 10.1. The van der Waals surface area contributed by atoms with Crippen molar-refractivity contribution in [1.82, 2.24) is 5.32 Å². The van der Waals surface area contributed by atoms with Gasteiger partial charge in [-0.3, -0.25) is 4.79 Å². The summed E-state index contributed by atoms with van der Waals surface area (Å²) in [6.07, 6.45) is 0.0619. The summed E-state index contributed by atoms with van der Waals surface area (Å²) >= 11 is 0. The van der Waals surface area contributed by atoms with E-state index in [0.717, 1.165) is 5.56 Å². The number of carboxylic acids is 1. The first-order valence-electron chi connectivity index (χ1n) is 6.25. The lowest BCUT2D eigenvalue weighted by Gasteiger charge is -2.11. The summed E-state index contributed by atoms with van der Waals surface area (Å²) in [7, 11) is 0. The highest BCUT2D eigenvalue weighted by Gasteiger charge is 2.72. The Kier molecular flexibility index (Phi) is 3.50. The molecule has 1 aliphatic carbocycles. The molecule has 0 spiro atoms. The van der Waals surface area contributed by atoms with E-state index in [1.165, 1.54) is 19.1 Å². The third-order valence-electron chi connectivity index (χ3n) is 3.66. The Morgan fingerprint density at radius 3 is 2.30 bits per heavy atom. The number of carbonyl (C=O) groups is 2. The van der Waals surface area contributed by atoms with Crippen LogP contribution in [0.1, 0.15) is 29.3 Å². The normalized spacial score (nSPS) is 23.1. The lowest BCUT2D eigenvalue weighted by molar-refractivity contribution is -0.129. The van der Waals surface area contributed by atoms with Crippen LogP contribution in [-0.2, 0) is 11.2 Å². The smallest absolute Gasteiger partial charge is 0.335 e. The number of carbonyl (C=O) groups excluding carboxylic acids is 1. The van der Waals surface area contributed by atoms with Gasteiger partial charge in [0.2, 0.25) is 5.91 Å². The van der Waals surface area contributed by atoms with E-state index in [-0.39, 0.29) is 12.1 Å². The largest absolute Gasteiger partial charge is 0.478 e. The summed E-state index contributed by atoms with van der Waals surface area (Å²) in [5, 5.41) is 11.2. The summed E-state index contributed by atoms with van der Waals surface area (Å²) in [6.45, 7) is 1.50. The number of hydrogen-bond acceptors (Lipinski definition) is 2. The number of carboxylic acid groups (broad SMARTS) is 1.